The summed E-state index contributed by atoms with van der Waals surface area (Å²) in [5.41, 5.74) is 7.46. The number of halogens is 2. The first-order valence-electron chi connectivity index (χ1n) is 9.83. The molecule has 0 atom stereocenters. The zero-order valence-electron chi connectivity index (χ0n) is 17.2. The SMILES string of the molecule is Cc1cc(C#Cc2ccc3c(c2)NCCO3)cnc1-n1cnn(CC(CN)=C(F)F)c1=O. The molecule has 0 aliphatic carbocycles. The van der Waals surface area contributed by atoms with Crippen molar-refractivity contribution >= 4 is 5.69 Å². The number of fused-ring (bicyclic) bond motifs is 1. The minimum Gasteiger partial charge on any atom is -0.490 e. The summed E-state index contributed by atoms with van der Waals surface area (Å²) in [4.78, 5) is 16.9. The van der Waals surface area contributed by atoms with Crippen molar-refractivity contribution in [2.45, 2.75) is 13.5 Å². The quantitative estimate of drug-likeness (QED) is 0.605. The first-order valence-corrected chi connectivity index (χ1v) is 9.83. The molecule has 0 saturated heterocycles. The van der Waals surface area contributed by atoms with Crippen LogP contribution in [0.15, 0.2) is 53.2 Å². The fourth-order valence-electron chi connectivity index (χ4n) is 3.22. The largest absolute Gasteiger partial charge is 0.490 e. The van der Waals surface area contributed by atoms with Gasteiger partial charge in [-0.3, -0.25) is 0 Å². The van der Waals surface area contributed by atoms with Crippen LogP contribution in [0.4, 0.5) is 14.5 Å². The van der Waals surface area contributed by atoms with Gasteiger partial charge in [0.2, 0.25) is 0 Å². The lowest BCUT2D eigenvalue weighted by atomic mass is 10.1. The van der Waals surface area contributed by atoms with E-state index in [1.807, 2.05) is 18.2 Å². The van der Waals surface area contributed by atoms with E-state index in [4.69, 9.17) is 10.5 Å². The fourth-order valence-corrected chi connectivity index (χ4v) is 3.22. The van der Waals surface area contributed by atoms with Crippen molar-refractivity contribution in [2.75, 3.05) is 25.0 Å². The molecular formula is C22H20F2N6O2. The Bertz CT molecular complexity index is 1310. The summed E-state index contributed by atoms with van der Waals surface area (Å²) in [5.74, 6) is 7.31. The molecule has 1 aliphatic heterocycles. The molecule has 2 aromatic heterocycles. The number of rotatable bonds is 4. The van der Waals surface area contributed by atoms with E-state index in [2.05, 4.69) is 27.2 Å². The van der Waals surface area contributed by atoms with Gasteiger partial charge in [0, 0.05) is 36.0 Å². The molecule has 0 radical (unpaired) electrons. The van der Waals surface area contributed by atoms with Crippen molar-refractivity contribution in [2.24, 2.45) is 5.73 Å². The third-order valence-electron chi connectivity index (χ3n) is 4.87. The van der Waals surface area contributed by atoms with E-state index < -0.39 is 11.8 Å². The predicted octanol–water partition coefficient (Wildman–Crippen LogP) is 2.05. The number of ether oxygens (including phenoxy) is 1. The van der Waals surface area contributed by atoms with Crippen molar-refractivity contribution in [3.05, 3.63) is 75.6 Å². The van der Waals surface area contributed by atoms with E-state index in [-0.39, 0.29) is 18.7 Å². The van der Waals surface area contributed by atoms with E-state index >= 15 is 0 Å². The molecule has 0 fully saturated rings. The van der Waals surface area contributed by atoms with Gasteiger partial charge in [0.05, 0.1) is 12.2 Å². The number of pyridine rings is 1. The molecule has 1 aromatic carbocycles. The van der Waals surface area contributed by atoms with Gasteiger partial charge in [-0.1, -0.05) is 11.8 Å². The molecule has 0 spiro atoms. The van der Waals surface area contributed by atoms with Crippen molar-refractivity contribution in [3.63, 3.8) is 0 Å². The van der Waals surface area contributed by atoms with Crippen LogP contribution in [0.1, 0.15) is 16.7 Å². The molecule has 3 heterocycles. The Labute approximate surface area is 182 Å². The number of nitrogens with zero attached hydrogens (tertiary/aromatic N) is 4. The van der Waals surface area contributed by atoms with Gasteiger partial charge in [-0.2, -0.15) is 13.9 Å². The highest BCUT2D eigenvalue weighted by atomic mass is 19.3. The van der Waals surface area contributed by atoms with Crippen LogP contribution in [0.5, 0.6) is 5.75 Å². The maximum absolute atomic E-state index is 12.8. The second kappa shape index (κ2) is 9.03. The van der Waals surface area contributed by atoms with E-state index in [9.17, 15) is 13.6 Å². The standard InChI is InChI=1S/C22H20F2N6O2/c1-14-8-16(3-2-15-4-5-19-18(9-15)26-6-7-32-19)11-27-21(14)29-13-28-30(22(29)31)12-17(10-25)20(23)24/h4-5,8-9,11,13,26H,6-7,10,12,25H2,1H3. The van der Waals surface area contributed by atoms with Crippen molar-refractivity contribution in [3.8, 4) is 23.4 Å². The summed E-state index contributed by atoms with van der Waals surface area (Å²) >= 11 is 0. The number of anilines is 1. The Kier molecular flexibility index (Phi) is 6.00. The molecule has 1 aliphatic rings. The van der Waals surface area contributed by atoms with Gasteiger partial charge < -0.3 is 15.8 Å². The zero-order chi connectivity index (χ0) is 22.7. The Balaban J connectivity index is 1.57. The van der Waals surface area contributed by atoms with Gasteiger partial charge in [0.1, 0.15) is 24.5 Å². The maximum atomic E-state index is 12.8. The summed E-state index contributed by atoms with van der Waals surface area (Å²) in [5, 5.41) is 7.16. The van der Waals surface area contributed by atoms with E-state index in [0.29, 0.717) is 23.6 Å². The summed E-state index contributed by atoms with van der Waals surface area (Å²) < 4.78 is 33.4. The van der Waals surface area contributed by atoms with E-state index in [0.717, 1.165) is 28.2 Å². The first kappa shape index (κ1) is 21.3. The van der Waals surface area contributed by atoms with Crippen LogP contribution in [-0.2, 0) is 6.54 Å². The number of aromatic nitrogens is 4. The average Bonchev–Trinajstić information content (AvgIpc) is 3.15. The van der Waals surface area contributed by atoms with Crippen LogP contribution < -0.4 is 21.5 Å². The van der Waals surface area contributed by atoms with Crippen LogP contribution in [-0.4, -0.2) is 39.0 Å². The molecular weight excluding hydrogens is 418 g/mol. The molecule has 164 valence electrons. The normalized spacial score (nSPS) is 12.1. The van der Waals surface area contributed by atoms with Gasteiger partial charge >= 0.3 is 5.69 Å². The highest BCUT2D eigenvalue weighted by molar-refractivity contribution is 5.62. The number of nitrogens with two attached hydrogens (primary N) is 1. The fraction of sp³-hybridized carbons (Fsp3) is 0.227. The minimum absolute atomic E-state index is 0.348. The maximum Gasteiger partial charge on any atom is 0.351 e. The Hall–Kier alpha value is -3.97. The molecule has 4 rings (SSSR count). The molecule has 0 bridgehead atoms. The lowest BCUT2D eigenvalue weighted by molar-refractivity contribution is 0.323. The van der Waals surface area contributed by atoms with Crippen LogP contribution in [0, 0.1) is 18.8 Å². The molecule has 8 nitrogen and oxygen atoms in total. The third-order valence-corrected chi connectivity index (χ3v) is 4.87. The second-order valence-electron chi connectivity index (χ2n) is 7.11. The van der Waals surface area contributed by atoms with E-state index in [1.54, 1.807) is 19.2 Å². The van der Waals surface area contributed by atoms with Crippen LogP contribution in [0.3, 0.4) is 0 Å². The number of benzene rings is 1. The van der Waals surface area contributed by atoms with Gasteiger partial charge in [-0.25, -0.2) is 19.0 Å². The third kappa shape index (κ3) is 4.38. The van der Waals surface area contributed by atoms with Gasteiger partial charge in [0.25, 0.3) is 6.08 Å². The Morgan fingerprint density at radius 1 is 1.28 bits per heavy atom. The summed E-state index contributed by atoms with van der Waals surface area (Å²) in [6, 6.07) is 7.48. The molecule has 10 heteroatoms. The van der Waals surface area contributed by atoms with Crippen LogP contribution in [0.2, 0.25) is 0 Å². The number of aryl methyl sites for hydroxylation is 1. The molecule has 0 amide bonds. The van der Waals surface area contributed by atoms with Crippen LogP contribution in [0.25, 0.3) is 5.82 Å². The summed E-state index contributed by atoms with van der Waals surface area (Å²) in [7, 11) is 0. The summed E-state index contributed by atoms with van der Waals surface area (Å²) in [6.07, 6.45) is 0.884. The Morgan fingerprint density at radius 3 is 2.84 bits per heavy atom. The number of hydrogen-bond donors (Lipinski definition) is 2. The summed E-state index contributed by atoms with van der Waals surface area (Å²) in [6.45, 7) is 2.42. The smallest absolute Gasteiger partial charge is 0.351 e. The second-order valence-corrected chi connectivity index (χ2v) is 7.11. The molecule has 3 aromatic rings. The molecule has 32 heavy (non-hydrogen) atoms. The monoisotopic (exact) mass is 438 g/mol. The van der Waals surface area contributed by atoms with Crippen molar-refractivity contribution in [1.82, 2.24) is 19.3 Å². The minimum atomic E-state index is -1.91. The van der Waals surface area contributed by atoms with Crippen LogP contribution >= 0.6 is 0 Å². The Morgan fingerprint density at radius 2 is 2.09 bits per heavy atom. The predicted molar refractivity (Wildman–Crippen MR) is 115 cm³/mol. The van der Waals surface area contributed by atoms with Gasteiger partial charge in [0.15, 0.2) is 0 Å². The van der Waals surface area contributed by atoms with Crippen molar-refractivity contribution in [1.29, 1.82) is 0 Å². The molecule has 0 saturated carbocycles. The number of nitrogens with one attached hydrogen (secondary N) is 1. The average molecular weight is 438 g/mol. The molecule has 0 unspecified atom stereocenters. The van der Waals surface area contributed by atoms with Gasteiger partial charge in [-0.05, 0) is 36.8 Å². The molecule has 3 N–H and O–H groups in total. The lowest BCUT2D eigenvalue weighted by Crippen LogP contribution is -2.27. The zero-order valence-corrected chi connectivity index (χ0v) is 17.2. The van der Waals surface area contributed by atoms with Crippen molar-refractivity contribution < 1.29 is 13.5 Å². The highest BCUT2D eigenvalue weighted by Gasteiger charge is 2.14. The van der Waals surface area contributed by atoms with E-state index in [1.165, 1.54) is 10.9 Å². The van der Waals surface area contributed by atoms with Gasteiger partial charge in [-0.15, -0.1) is 0 Å². The lowest BCUT2D eigenvalue weighted by Gasteiger charge is -2.18. The first-order chi connectivity index (χ1) is 15.5. The number of hydrogen-bond acceptors (Lipinski definition) is 6. The highest BCUT2D eigenvalue weighted by Crippen LogP contribution is 2.27. The topological polar surface area (TPSA) is 100.0 Å².